The number of hydrogen-bond acceptors (Lipinski definition) is 4. The highest BCUT2D eigenvalue weighted by molar-refractivity contribution is 6.19. The van der Waals surface area contributed by atoms with Crippen LogP contribution < -0.4 is 4.74 Å². The maximum atomic E-state index is 13.9. The largest absolute Gasteiger partial charge is 0.496 e. The van der Waals surface area contributed by atoms with Crippen LogP contribution in [0.5, 0.6) is 5.75 Å². The molecular weight excluding hydrogens is 476 g/mol. The van der Waals surface area contributed by atoms with Crippen LogP contribution in [-0.2, 0) is 15.0 Å². The minimum Gasteiger partial charge on any atom is -0.496 e. The van der Waals surface area contributed by atoms with Crippen molar-refractivity contribution in [2.75, 3.05) is 20.2 Å². The lowest BCUT2D eigenvalue weighted by Crippen LogP contribution is -2.60. The van der Waals surface area contributed by atoms with Gasteiger partial charge in [0.05, 0.1) is 24.2 Å². The van der Waals surface area contributed by atoms with Gasteiger partial charge in [-0.25, -0.2) is 0 Å². The van der Waals surface area contributed by atoms with Gasteiger partial charge in [0.1, 0.15) is 5.75 Å². The van der Waals surface area contributed by atoms with Gasteiger partial charge in [0, 0.05) is 41.5 Å². The van der Waals surface area contributed by atoms with Gasteiger partial charge >= 0.3 is 5.97 Å². The summed E-state index contributed by atoms with van der Waals surface area (Å²) in [6.07, 6.45) is 1.51. The predicted molar refractivity (Wildman–Crippen MR) is 143 cm³/mol. The maximum absolute atomic E-state index is 13.9. The molecule has 6 heteroatoms. The van der Waals surface area contributed by atoms with Crippen LogP contribution in [0.3, 0.4) is 0 Å². The van der Waals surface area contributed by atoms with Crippen LogP contribution >= 0.6 is 0 Å². The molecule has 6 nitrogen and oxygen atoms in total. The Morgan fingerprint density at radius 3 is 2.50 bits per heavy atom. The van der Waals surface area contributed by atoms with Crippen LogP contribution in [0.4, 0.5) is 0 Å². The number of likely N-dealkylation sites (tertiary alicyclic amines) is 1. The van der Waals surface area contributed by atoms with E-state index in [0.29, 0.717) is 29.0 Å². The number of ether oxygens (including phenoxy) is 1. The van der Waals surface area contributed by atoms with E-state index >= 15 is 0 Å². The summed E-state index contributed by atoms with van der Waals surface area (Å²) in [6, 6.07) is 25.1. The van der Waals surface area contributed by atoms with Crippen molar-refractivity contribution in [2.24, 2.45) is 11.3 Å². The molecule has 4 unspecified atom stereocenters. The van der Waals surface area contributed by atoms with Crippen LogP contribution in [-0.4, -0.2) is 42.1 Å². The number of para-hydroxylation sites is 1. The summed E-state index contributed by atoms with van der Waals surface area (Å²) >= 11 is 0. The monoisotopic (exact) mass is 504 g/mol. The number of nitrogens with zero attached hydrogens (tertiary/aromatic N) is 2. The zero-order valence-electron chi connectivity index (χ0n) is 21.2. The van der Waals surface area contributed by atoms with Gasteiger partial charge in [0.2, 0.25) is 0 Å². The van der Waals surface area contributed by atoms with Gasteiger partial charge in [-0.3, -0.25) is 9.59 Å². The number of amides is 1. The van der Waals surface area contributed by atoms with Gasteiger partial charge in [-0.2, -0.15) is 5.26 Å². The lowest BCUT2D eigenvalue weighted by molar-refractivity contribution is -0.157. The highest BCUT2D eigenvalue weighted by atomic mass is 16.5. The molecule has 190 valence electrons. The lowest BCUT2D eigenvalue weighted by atomic mass is 9.42. The number of carboxylic acids is 1. The topological polar surface area (TPSA) is 90.6 Å². The van der Waals surface area contributed by atoms with Crippen molar-refractivity contribution in [3.63, 3.8) is 0 Å². The highest BCUT2D eigenvalue weighted by Crippen LogP contribution is 2.69. The van der Waals surface area contributed by atoms with E-state index < -0.39 is 16.8 Å². The van der Waals surface area contributed by atoms with E-state index in [0.717, 1.165) is 29.5 Å². The van der Waals surface area contributed by atoms with Crippen molar-refractivity contribution in [2.45, 2.75) is 24.2 Å². The Morgan fingerprint density at radius 1 is 1.08 bits per heavy atom. The smallest absolute Gasteiger partial charge is 0.312 e. The van der Waals surface area contributed by atoms with Gasteiger partial charge in [0.25, 0.3) is 5.91 Å². The fraction of sp³-hybridized carbons (Fsp3) is 0.281. The van der Waals surface area contributed by atoms with E-state index in [1.54, 1.807) is 36.3 Å². The molecule has 7 rings (SSSR count). The van der Waals surface area contributed by atoms with Crippen molar-refractivity contribution in [1.82, 2.24) is 4.90 Å². The first kappa shape index (κ1) is 24.0. The van der Waals surface area contributed by atoms with Gasteiger partial charge in [-0.1, -0.05) is 61.2 Å². The first-order chi connectivity index (χ1) is 18.4. The fourth-order valence-corrected chi connectivity index (χ4v) is 7.65. The van der Waals surface area contributed by atoms with E-state index in [9.17, 15) is 20.0 Å². The molecule has 3 aromatic carbocycles. The third-order valence-electron chi connectivity index (χ3n) is 9.24. The molecule has 2 bridgehead atoms. The quantitative estimate of drug-likeness (QED) is 0.495. The van der Waals surface area contributed by atoms with Crippen LogP contribution in [0.2, 0.25) is 0 Å². The number of carbonyl (C=O) groups is 2. The van der Waals surface area contributed by atoms with Gasteiger partial charge in [-0.15, -0.1) is 0 Å². The Hall–Kier alpha value is -4.37. The van der Waals surface area contributed by atoms with Gasteiger partial charge in [0.15, 0.2) is 0 Å². The van der Waals surface area contributed by atoms with Crippen molar-refractivity contribution in [1.29, 1.82) is 5.26 Å². The second-order valence-electron chi connectivity index (χ2n) is 10.6. The summed E-state index contributed by atoms with van der Waals surface area (Å²) in [5.41, 5.74) is 2.93. The number of nitriles is 1. The van der Waals surface area contributed by atoms with Gasteiger partial charge < -0.3 is 14.7 Å². The molecule has 0 aromatic heterocycles. The Bertz CT molecular complexity index is 1520. The molecule has 4 aliphatic rings. The Balaban J connectivity index is 1.49. The fourth-order valence-electron chi connectivity index (χ4n) is 7.65. The number of methoxy groups -OCH3 is 1. The molecule has 1 aliphatic heterocycles. The first-order valence-electron chi connectivity index (χ1n) is 12.8. The number of carbonyl (C=O) groups excluding carboxylic acids is 1. The molecule has 1 saturated heterocycles. The van der Waals surface area contributed by atoms with Crippen LogP contribution in [0, 0.1) is 22.7 Å². The van der Waals surface area contributed by atoms with E-state index in [1.165, 1.54) is 0 Å². The molecule has 3 aliphatic carbocycles. The normalized spacial score (nSPS) is 26.7. The highest BCUT2D eigenvalue weighted by Gasteiger charge is 2.70. The van der Waals surface area contributed by atoms with Crippen molar-refractivity contribution in [3.8, 4) is 11.8 Å². The number of benzene rings is 3. The molecule has 4 atom stereocenters. The van der Waals surface area contributed by atoms with Crippen LogP contribution in [0.15, 0.2) is 79.4 Å². The van der Waals surface area contributed by atoms with Crippen molar-refractivity contribution in [3.05, 3.63) is 107 Å². The molecule has 3 aromatic rings. The lowest BCUT2D eigenvalue weighted by Gasteiger charge is -2.59. The SMILES string of the molecule is C=C(C(=O)N1CC2C3(c4ccc(C#N)cc4)CCC(c4ccccc43)C2(C(=O)O)C1)c1ccccc1OC. The molecule has 1 N–H and O–H groups in total. The first-order valence-corrected chi connectivity index (χ1v) is 12.8. The van der Waals surface area contributed by atoms with E-state index in [2.05, 4.69) is 24.8 Å². The van der Waals surface area contributed by atoms with E-state index in [-0.39, 0.29) is 24.3 Å². The summed E-state index contributed by atoms with van der Waals surface area (Å²) in [5, 5.41) is 20.3. The third kappa shape index (κ3) is 3.05. The second-order valence-corrected chi connectivity index (χ2v) is 10.6. The molecule has 1 saturated carbocycles. The zero-order valence-corrected chi connectivity index (χ0v) is 21.2. The molecule has 1 amide bonds. The molecule has 0 radical (unpaired) electrons. The zero-order chi connectivity index (χ0) is 26.7. The van der Waals surface area contributed by atoms with E-state index in [1.807, 2.05) is 36.4 Å². The Kier molecular flexibility index (Phi) is 5.43. The molecular formula is C32H28N2O4. The minimum atomic E-state index is -1.13. The summed E-state index contributed by atoms with van der Waals surface area (Å²) in [5.74, 6) is -1.11. The summed E-state index contributed by atoms with van der Waals surface area (Å²) in [6.45, 7) is 4.53. The average molecular weight is 505 g/mol. The summed E-state index contributed by atoms with van der Waals surface area (Å²) < 4.78 is 5.46. The molecule has 38 heavy (non-hydrogen) atoms. The number of carboxylic acid groups (broad SMARTS) is 1. The number of fused-ring (bicyclic) bond motifs is 1. The number of rotatable bonds is 5. The maximum Gasteiger partial charge on any atom is 0.312 e. The minimum absolute atomic E-state index is 0.122. The van der Waals surface area contributed by atoms with Crippen LogP contribution in [0.1, 0.15) is 46.6 Å². The molecule has 1 heterocycles. The van der Waals surface area contributed by atoms with E-state index in [4.69, 9.17) is 4.74 Å². The Morgan fingerprint density at radius 2 is 1.79 bits per heavy atom. The summed E-state index contributed by atoms with van der Waals surface area (Å²) in [7, 11) is 1.55. The molecule has 2 fully saturated rings. The second kappa shape index (κ2) is 8.59. The summed E-state index contributed by atoms with van der Waals surface area (Å²) in [4.78, 5) is 28.9. The predicted octanol–water partition coefficient (Wildman–Crippen LogP) is 4.99. The molecule has 0 spiro atoms. The van der Waals surface area contributed by atoms with Crippen LogP contribution in [0.25, 0.3) is 5.57 Å². The van der Waals surface area contributed by atoms with Crippen molar-refractivity contribution >= 4 is 17.4 Å². The average Bonchev–Trinajstić information content (AvgIpc) is 3.41. The Labute approximate surface area is 221 Å². The number of aliphatic carboxylic acids is 1. The standard InChI is InChI=1S/C32H28N2O4/c1-20(23-7-4-6-10-27(23)38-2)29(35)34-18-28-31(22-13-11-21(17-33)12-14-22)16-15-26(32(28,19-34)30(36)37)24-8-3-5-9-25(24)31/h3-14,26,28H,1,15-16,18-19H2,2H3,(H,36,37). The van der Waals surface area contributed by atoms with Gasteiger partial charge in [-0.05, 0) is 47.7 Å². The third-order valence-corrected chi connectivity index (χ3v) is 9.24. The van der Waals surface area contributed by atoms with Crippen molar-refractivity contribution < 1.29 is 19.4 Å². The number of hydrogen-bond donors (Lipinski definition) is 1.